The standard InChI is InChI=1S/C13H17ClFNO/c14-12-7-10(4-5-13(12)15)8-16-9-11-3-1-2-6-17-11/h4-5,7,11,16H,1-3,6,8-9H2. The second-order valence-electron chi connectivity index (χ2n) is 4.37. The summed E-state index contributed by atoms with van der Waals surface area (Å²) in [7, 11) is 0. The molecule has 1 fully saturated rings. The molecule has 0 aliphatic carbocycles. The van der Waals surface area contributed by atoms with Gasteiger partial charge in [-0.2, -0.15) is 0 Å². The van der Waals surface area contributed by atoms with Crippen LogP contribution in [0.25, 0.3) is 0 Å². The van der Waals surface area contributed by atoms with Crippen LogP contribution in [0.4, 0.5) is 4.39 Å². The van der Waals surface area contributed by atoms with Crippen LogP contribution in [0.3, 0.4) is 0 Å². The van der Waals surface area contributed by atoms with Crippen molar-refractivity contribution in [3.63, 3.8) is 0 Å². The summed E-state index contributed by atoms with van der Waals surface area (Å²) in [5, 5.41) is 3.49. The molecular weight excluding hydrogens is 241 g/mol. The zero-order chi connectivity index (χ0) is 12.1. The van der Waals surface area contributed by atoms with Crippen molar-refractivity contribution in [3.05, 3.63) is 34.6 Å². The molecule has 1 aromatic carbocycles. The van der Waals surface area contributed by atoms with Crippen LogP contribution < -0.4 is 5.32 Å². The fraction of sp³-hybridized carbons (Fsp3) is 0.538. The van der Waals surface area contributed by atoms with Gasteiger partial charge >= 0.3 is 0 Å². The molecule has 1 heterocycles. The van der Waals surface area contributed by atoms with E-state index in [-0.39, 0.29) is 10.8 Å². The van der Waals surface area contributed by atoms with Crippen molar-refractivity contribution in [1.29, 1.82) is 0 Å². The molecule has 2 rings (SSSR count). The quantitative estimate of drug-likeness (QED) is 0.895. The van der Waals surface area contributed by atoms with Crippen molar-refractivity contribution < 1.29 is 9.13 Å². The Balaban J connectivity index is 1.75. The van der Waals surface area contributed by atoms with Crippen LogP contribution in [0.15, 0.2) is 18.2 Å². The van der Waals surface area contributed by atoms with Gasteiger partial charge in [-0.3, -0.25) is 0 Å². The molecule has 0 bridgehead atoms. The minimum atomic E-state index is -0.369. The molecule has 0 saturated carbocycles. The van der Waals surface area contributed by atoms with E-state index in [1.165, 1.54) is 18.9 Å². The molecule has 1 atom stereocenters. The lowest BCUT2D eigenvalue weighted by Gasteiger charge is -2.22. The number of benzene rings is 1. The number of ether oxygens (including phenoxy) is 1. The normalized spacial score (nSPS) is 20.5. The maximum Gasteiger partial charge on any atom is 0.141 e. The molecule has 1 unspecified atom stereocenters. The smallest absolute Gasteiger partial charge is 0.141 e. The van der Waals surface area contributed by atoms with Gasteiger partial charge in [-0.15, -0.1) is 0 Å². The van der Waals surface area contributed by atoms with Crippen molar-refractivity contribution in [2.75, 3.05) is 13.2 Å². The maximum absolute atomic E-state index is 12.9. The van der Waals surface area contributed by atoms with Gasteiger partial charge in [0.25, 0.3) is 0 Å². The average Bonchev–Trinajstić information content (AvgIpc) is 2.35. The van der Waals surface area contributed by atoms with Gasteiger partial charge in [0.15, 0.2) is 0 Å². The highest BCUT2D eigenvalue weighted by Crippen LogP contribution is 2.16. The van der Waals surface area contributed by atoms with Crippen molar-refractivity contribution in [2.45, 2.75) is 31.9 Å². The van der Waals surface area contributed by atoms with E-state index in [4.69, 9.17) is 16.3 Å². The van der Waals surface area contributed by atoms with Crippen LogP contribution in [0.1, 0.15) is 24.8 Å². The van der Waals surface area contributed by atoms with Crippen molar-refractivity contribution in [2.24, 2.45) is 0 Å². The van der Waals surface area contributed by atoms with Crippen molar-refractivity contribution >= 4 is 11.6 Å². The molecule has 1 aliphatic rings. The van der Waals surface area contributed by atoms with Gasteiger partial charge in [0.1, 0.15) is 5.82 Å². The first-order valence-electron chi connectivity index (χ1n) is 6.02. The van der Waals surface area contributed by atoms with Gasteiger partial charge in [0.05, 0.1) is 11.1 Å². The highest BCUT2D eigenvalue weighted by molar-refractivity contribution is 6.30. The van der Waals surface area contributed by atoms with E-state index in [0.29, 0.717) is 12.6 Å². The van der Waals surface area contributed by atoms with Crippen LogP contribution in [0.2, 0.25) is 5.02 Å². The molecule has 1 aliphatic heterocycles. The Morgan fingerprint density at radius 3 is 3.00 bits per heavy atom. The van der Waals surface area contributed by atoms with Gasteiger partial charge in [0, 0.05) is 19.7 Å². The minimum absolute atomic E-state index is 0.179. The molecule has 2 nitrogen and oxygen atoms in total. The fourth-order valence-corrected chi connectivity index (χ4v) is 2.20. The summed E-state index contributed by atoms with van der Waals surface area (Å²) in [5.74, 6) is -0.369. The van der Waals surface area contributed by atoms with Crippen LogP contribution in [0.5, 0.6) is 0 Å². The molecule has 17 heavy (non-hydrogen) atoms. The second-order valence-corrected chi connectivity index (χ2v) is 4.78. The largest absolute Gasteiger partial charge is 0.377 e. The van der Waals surface area contributed by atoms with Gasteiger partial charge in [0.2, 0.25) is 0 Å². The maximum atomic E-state index is 12.9. The molecule has 1 N–H and O–H groups in total. The number of hydrogen-bond acceptors (Lipinski definition) is 2. The highest BCUT2D eigenvalue weighted by atomic mass is 35.5. The second kappa shape index (κ2) is 6.34. The number of rotatable bonds is 4. The molecule has 0 aromatic heterocycles. The first-order chi connectivity index (χ1) is 8.25. The summed E-state index contributed by atoms with van der Waals surface area (Å²) in [4.78, 5) is 0. The van der Waals surface area contributed by atoms with Gasteiger partial charge < -0.3 is 10.1 Å². The molecule has 0 spiro atoms. The SMILES string of the molecule is Fc1ccc(CNCC2CCCCO2)cc1Cl. The zero-order valence-electron chi connectivity index (χ0n) is 9.72. The van der Waals surface area contributed by atoms with Gasteiger partial charge in [-0.1, -0.05) is 17.7 Å². The molecule has 94 valence electrons. The average molecular weight is 258 g/mol. The molecule has 1 aromatic rings. The number of nitrogens with one attached hydrogen (secondary N) is 1. The van der Waals surface area contributed by atoms with E-state index in [9.17, 15) is 4.39 Å². The third kappa shape index (κ3) is 3.95. The predicted octanol–water partition coefficient (Wildman–Crippen LogP) is 3.14. The first-order valence-corrected chi connectivity index (χ1v) is 6.40. The Morgan fingerprint density at radius 1 is 1.41 bits per heavy atom. The van der Waals surface area contributed by atoms with Crippen LogP contribution >= 0.6 is 11.6 Å². The van der Waals surface area contributed by atoms with Crippen LogP contribution in [-0.4, -0.2) is 19.3 Å². The summed E-state index contributed by atoms with van der Waals surface area (Å²) in [6.45, 7) is 2.41. The van der Waals surface area contributed by atoms with E-state index >= 15 is 0 Å². The number of hydrogen-bond donors (Lipinski definition) is 1. The van der Waals surface area contributed by atoms with Crippen molar-refractivity contribution in [1.82, 2.24) is 5.32 Å². The summed E-state index contributed by atoms with van der Waals surface area (Å²) in [6.07, 6.45) is 3.86. The van der Waals surface area contributed by atoms with E-state index < -0.39 is 0 Å². The lowest BCUT2D eigenvalue weighted by molar-refractivity contribution is 0.0168. The number of halogens is 2. The third-order valence-electron chi connectivity index (χ3n) is 2.96. The van der Waals surface area contributed by atoms with Gasteiger partial charge in [-0.05, 0) is 37.0 Å². The lowest BCUT2D eigenvalue weighted by atomic mass is 10.1. The zero-order valence-corrected chi connectivity index (χ0v) is 10.5. The van der Waals surface area contributed by atoms with E-state index in [0.717, 1.165) is 25.1 Å². The fourth-order valence-electron chi connectivity index (χ4n) is 2.00. The van der Waals surface area contributed by atoms with E-state index in [2.05, 4.69) is 5.32 Å². The van der Waals surface area contributed by atoms with Crippen LogP contribution in [-0.2, 0) is 11.3 Å². The summed E-state index contributed by atoms with van der Waals surface area (Å²) in [6, 6.07) is 4.80. The third-order valence-corrected chi connectivity index (χ3v) is 3.25. The van der Waals surface area contributed by atoms with E-state index in [1.54, 1.807) is 12.1 Å². The van der Waals surface area contributed by atoms with Gasteiger partial charge in [-0.25, -0.2) is 4.39 Å². The Morgan fingerprint density at radius 2 is 2.29 bits per heavy atom. The lowest BCUT2D eigenvalue weighted by Crippen LogP contribution is -2.31. The highest BCUT2D eigenvalue weighted by Gasteiger charge is 2.12. The summed E-state index contributed by atoms with van der Waals surface area (Å²) >= 11 is 5.71. The molecule has 0 radical (unpaired) electrons. The Bertz CT molecular complexity index is 366. The molecular formula is C13H17ClFNO. The molecule has 0 amide bonds. The molecule has 1 saturated heterocycles. The Kier molecular flexibility index (Phi) is 4.77. The summed E-state index contributed by atoms with van der Waals surface area (Å²) in [5.41, 5.74) is 0.993. The van der Waals surface area contributed by atoms with Crippen molar-refractivity contribution in [3.8, 4) is 0 Å². The predicted molar refractivity (Wildman–Crippen MR) is 66.7 cm³/mol. The Labute approximate surface area is 106 Å². The topological polar surface area (TPSA) is 21.3 Å². The van der Waals surface area contributed by atoms with E-state index in [1.807, 2.05) is 0 Å². The first kappa shape index (κ1) is 12.8. The minimum Gasteiger partial charge on any atom is -0.377 e. The Hall–Kier alpha value is -0.640. The monoisotopic (exact) mass is 257 g/mol. The van der Waals surface area contributed by atoms with Crippen LogP contribution in [0, 0.1) is 5.82 Å². The molecule has 4 heteroatoms. The summed E-state index contributed by atoms with van der Waals surface area (Å²) < 4.78 is 18.5.